The number of rotatable bonds is 36. The molecule has 0 aromatic heterocycles. The average molecular weight is 1690 g/mol. The Morgan fingerprint density at radius 2 is 1.21 bits per heavy atom. The van der Waals surface area contributed by atoms with Gasteiger partial charge in [-0.2, -0.15) is 17.2 Å². The SMILES string of the molecule is CC(=O)N[C@H](C(=O)N[C@@H](Cc1ccccc1)CN(CC(=O)N[C@H]1CCC(=O)NCCCC[C@@H](CN(CC(=O)N[C@@H](CC(C)C)C(=O)N[C@@H](CO)CN(CC(=O)N[C@@H](C)C(N)=O)S(C)(=O)=O)S(=O)(=O)CC(C)C)NC(=O)[C@H](C)NC(=O)CN(S(=O)(=O)c2ccc3ccccc3c2)C[C@H](Cc2ccc(O)cc2)NC1=O)S(C)(=O)=O)[C@@H](C)O. The van der Waals surface area contributed by atoms with Crippen LogP contribution in [0.15, 0.2) is 102 Å². The van der Waals surface area contributed by atoms with Gasteiger partial charge < -0.3 is 74.2 Å². The lowest BCUT2D eigenvalue weighted by molar-refractivity contribution is -0.131. The molecule has 638 valence electrons. The minimum Gasteiger partial charge on any atom is -0.508 e. The number of primary amides is 1. The second-order valence-corrected chi connectivity index (χ2v) is 37.5. The fraction of sp³-hybridized carbons (Fsp3) is 0.554. The van der Waals surface area contributed by atoms with Crippen molar-refractivity contribution in [1.29, 1.82) is 0 Å². The summed E-state index contributed by atoms with van der Waals surface area (Å²) in [5.41, 5.74) is 6.23. The van der Waals surface area contributed by atoms with Crippen molar-refractivity contribution in [1.82, 2.24) is 70.4 Å². The molecule has 0 unspecified atom stereocenters. The van der Waals surface area contributed by atoms with Crippen molar-refractivity contribution in [3.8, 4) is 5.75 Å². The summed E-state index contributed by atoms with van der Waals surface area (Å²) in [6.45, 7) is 3.94. The Morgan fingerprint density at radius 3 is 1.80 bits per heavy atom. The van der Waals surface area contributed by atoms with Gasteiger partial charge in [-0.05, 0) is 124 Å². The molecule has 1 heterocycles. The Labute approximate surface area is 671 Å². The molecule has 37 nitrogen and oxygen atoms in total. The number of nitrogens with one attached hydrogen (secondary N) is 10. The summed E-state index contributed by atoms with van der Waals surface area (Å²) in [5, 5.41) is 58.0. The zero-order valence-corrected chi connectivity index (χ0v) is 69.5. The van der Waals surface area contributed by atoms with Gasteiger partial charge in [0.2, 0.25) is 105 Å². The van der Waals surface area contributed by atoms with Crippen molar-refractivity contribution in [2.45, 2.75) is 172 Å². The van der Waals surface area contributed by atoms with E-state index in [1.807, 2.05) is 0 Å². The second kappa shape index (κ2) is 44.7. The lowest BCUT2D eigenvalue weighted by Crippen LogP contribution is -2.58. The summed E-state index contributed by atoms with van der Waals surface area (Å²) in [6.07, 6.45) is -1.17. The molecule has 1 aliphatic rings. The van der Waals surface area contributed by atoms with Crippen LogP contribution in [0.25, 0.3) is 10.8 Å². The highest BCUT2D eigenvalue weighted by molar-refractivity contribution is 7.89. The van der Waals surface area contributed by atoms with Gasteiger partial charge in [-0.25, -0.2) is 33.7 Å². The van der Waals surface area contributed by atoms with Crippen molar-refractivity contribution in [2.75, 3.05) is 83.8 Å². The number of aliphatic hydroxyl groups excluding tert-OH is 2. The van der Waals surface area contributed by atoms with Gasteiger partial charge in [0.15, 0.2) is 0 Å². The van der Waals surface area contributed by atoms with E-state index in [9.17, 15) is 88.5 Å². The maximum atomic E-state index is 15.3. The number of benzene rings is 4. The second-order valence-electron chi connectivity index (χ2n) is 29.6. The van der Waals surface area contributed by atoms with Crippen molar-refractivity contribution in [3.63, 3.8) is 0 Å². The Bertz CT molecular complexity index is 4510. The van der Waals surface area contributed by atoms with E-state index in [4.69, 9.17) is 5.73 Å². The summed E-state index contributed by atoms with van der Waals surface area (Å²) >= 11 is 0. The van der Waals surface area contributed by atoms with E-state index in [1.54, 1.807) is 82.3 Å². The first-order chi connectivity index (χ1) is 53.7. The van der Waals surface area contributed by atoms with Crippen LogP contribution in [0.2, 0.25) is 0 Å². The summed E-state index contributed by atoms with van der Waals surface area (Å²) in [5.74, 6) is -11.9. The maximum Gasteiger partial charge on any atom is 0.245 e. The Kier molecular flexibility index (Phi) is 37.4. The number of hydrogen-bond donors (Lipinski definition) is 14. The van der Waals surface area contributed by atoms with Gasteiger partial charge in [-0.15, -0.1) is 0 Å². The third kappa shape index (κ3) is 33.1. The number of hydrogen-bond acceptors (Lipinski definition) is 22. The molecule has 0 aliphatic carbocycles. The van der Waals surface area contributed by atoms with E-state index in [1.165, 1.54) is 63.2 Å². The fourth-order valence-electron chi connectivity index (χ4n) is 12.4. The van der Waals surface area contributed by atoms with Crippen LogP contribution in [0.4, 0.5) is 0 Å². The highest BCUT2D eigenvalue weighted by atomic mass is 32.2. The maximum absolute atomic E-state index is 15.3. The van der Waals surface area contributed by atoms with Crippen molar-refractivity contribution in [3.05, 3.63) is 108 Å². The molecule has 1 aliphatic heterocycles. The highest BCUT2D eigenvalue weighted by Crippen LogP contribution is 2.24. The molecular formula is C74H111N15O22S4. The number of nitrogens with two attached hydrogens (primary N) is 1. The largest absolute Gasteiger partial charge is 0.508 e. The quantitative estimate of drug-likeness (QED) is 0.0219. The van der Waals surface area contributed by atoms with Gasteiger partial charge in [0.1, 0.15) is 36.0 Å². The normalized spacial score (nSPS) is 18.8. The molecule has 15 N–H and O–H groups in total. The van der Waals surface area contributed by atoms with Crippen molar-refractivity contribution in [2.24, 2.45) is 17.6 Å². The molecule has 11 amide bonds. The third-order valence-electron chi connectivity index (χ3n) is 18.2. The molecule has 0 saturated carbocycles. The molecule has 0 radical (unpaired) electrons. The van der Waals surface area contributed by atoms with Crippen LogP contribution >= 0.6 is 0 Å². The number of aromatic hydroxyl groups is 1. The van der Waals surface area contributed by atoms with Gasteiger partial charge >= 0.3 is 0 Å². The van der Waals surface area contributed by atoms with Gasteiger partial charge in [0.25, 0.3) is 0 Å². The minimum absolute atomic E-state index is 0.0434. The monoisotopic (exact) mass is 1690 g/mol. The van der Waals surface area contributed by atoms with E-state index in [-0.39, 0.29) is 61.6 Å². The third-order valence-corrected chi connectivity index (χ3v) is 24.6. The van der Waals surface area contributed by atoms with Crippen LogP contribution in [-0.4, -0.2) is 275 Å². The molecule has 0 bridgehead atoms. The van der Waals surface area contributed by atoms with Gasteiger partial charge in [0.05, 0.1) is 68.1 Å². The molecule has 4 aromatic carbocycles. The van der Waals surface area contributed by atoms with Gasteiger partial charge in [-0.3, -0.25) is 52.7 Å². The Morgan fingerprint density at radius 1 is 0.626 bits per heavy atom. The zero-order chi connectivity index (χ0) is 85.9. The minimum atomic E-state index is -4.86. The average Bonchev–Trinajstić information content (AvgIpc) is 0.802. The summed E-state index contributed by atoms with van der Waals surface area (Å²) in [4.78, 5) is 151. The number of aliphatic hydroxyl groups is 2. The van der Waals surface area contributed by atoms with Gasteiger partial charge in [-0.1, -0.05) is 100 Å². The first kappa shape index (κ1) is 96.3. The first-order valence-electron chi connectivity index (χ1n) is 37.4. The van der Waals surface area contributed by atoms with Crippen LogP contribution in [-0.2, 0) is 106 Å². The summed E-state index contributed by atoms with van der Waals surface area (Å²) in [7, 11) is -18.0. The smallest absolute Gasteiger partial charge is 0.245 e. The lowest BCUT2D eigenvalue weighted by Gasteiger charge is -2.31. The molecule has 115 heavy (non-hydrogen) atoms. The number of phenolic OH excluding ortho intramolecular Hbond substituents is 1. The van der Waals surface area contributed by atoms with Crippen LogP contribution < -0.4 is 58.9 Å². The number of nitrogens with zero attached hydrogens (tertiary/aromatic N) is 4. The fourth-order valence-corrected chi connectivity index (χ4v) is 17.3. The lowest BCUT2D eigenvalue weighted by atomic mass is 10.0. The molecule has 1 fully saturated rings. The van der Waals surface area contributed by atoms with Gasteiger partial charge in [0, 0.05) is 64.2 Å². The van der Waals surface area contributed by atoms with Crippen molar-refractivity contribution >= 4 is 116 Å². The van der Waals surface area contributed by atoms with E-state index < -0.39 is 249 Å². The molecule has 10 atom stereocenters. The molecule has 1 saturated heterocycles. The molecule has 5 rings (SSSR count). The number of phenols is 1. The Hall–Kier alpha value is -9.33. The topological polar surface area (TPSA) is 544 Å². The predicted molar refractivity (Wildman–Crippen MR) is 426 cm³/mol. The highest BCUT2D eigenvalue weighted by Gasteiger charge is 2.38. The molecule has 41 heteroatoms. The molecule has 4 aromatic rings. The number of sulfonamides is 4. The van der Waals surface area contributed by atoms with Crippen LogP contribution in [0.5, 0.6) is 5.75 Å². The van der Waals surface area contributed by atoms with E-state index in [0.29, 0.717) is 30.5 Å². The van der Waals surface area contributed by atoms with E-state index in [2.05, 4.69) is 53.2 Å². The van der Waals surface area contributed by atoms with Crippen LogP contribution in [0.3, 0.4) is 0 Å². The number of carbonyl (C=O) groups is 11. The van der Waals surface area contributed by atoms with E-state index in [0.717, 1.165) is 28.0 Å². The molecule has 0 spiro atoms. The summed E-state index contributed by atoms with van der Waals surface area (Å²) in [6, 6.07) is 12.4. The standard InChI is InChI=1S/C74H111N15O22S4/c1-46(2)32-63(73(102)83-59(44-90)39-87(113(10,106)107)40-65(95)77-48(5)70(75)99)85-68(98)42-88(114(108,109)45-47(3)4)36-56-22-16-17-31-76-64(94)30-29-62(84-67(97)41-86(112(9,104)105)37-57(33-52-18-12-11-13-19-52)82-74(103)69(50(7)91)79-51(8)92)72(101)81-58(34-53-23-26-60(93)27-24-53)38-89(43-66(96)78-49(6)71(100)80-56)115(110,111)61-28-25-54-20-14-15-21-55(54)35-61/h11-15,18-21,23-28,35,46-50,56-59,62-63,69,90-91,93H,16-17,22,29-34,36-45H2,1-10H3,(H2,75,99)(H,76,94)(H,77,95)(H,78,96)(H,79,92)(H,80,100)(H,81,101)(H,82,103)(H,83,102)(H,84,97)(H,85,98)/t48-,49-,50+,56-,57-,58-,59+,62-,63-,69-/m0/s1. The van der Waals surface area contributed by atoms with Crippen molar-refractivity contribution < 1.29 is 102 Å². The van der Waals surface area contributed by atoms with E-state index >= 15 is 13.2 Å². The Balaban J connectivity index is 1.54. The zero-order valence-electron chi connectivity index (χ0n) is 66.2. The number of carbonyl (C=O) groups excluding carboxylic acids is 11. The number of fused-ring (bicyclic) bond motifs is 1. The molecular weight excluding hydrogens is 1580 g/mol. The summed E-state index contributed by atoms with van der Waals surface area (Å²) < 4.78 is 116. The number of amides is 11. The predicted octanol–water partition coefficient (Wildman–Crippen LogP) is -2.76. The van der Waals surface area contributed by atoms with Crippen LogP contribution in [0, 0.1) is 11.8 Å². The van der Waals surface area contributed by atoms with Crippen LogP contribution in [0.1, 0.15) is 105 Å². The first-order valence-corrected chi connectivity index (χ1v) is 44.2.